The van der Waals surface area contributed by atoms with Gasteiger partial charge in [-0.15, -0.1) is 0 Å². The van der Waals surface area contributed by atoms with Crippen molar-refractivity contribution in [2.24, 2.45) is 0 Å². The smallest absolute Gasteiger partial charge is 0.410 e. The van der Waals surface area contributed by atoms with Gasteiger partial charge in [0.15, 0.2) is 11.6 Å². The van der Waals surface area contributed by atoms with Crippen LogP contribution in [-0.4, -0.2) is 38.1 Å². The molecule has 11 heteroatoms. The van der Waals surface area contributed by atoms with Crippen molar-refractivity contribution in [3.05, 3.63) is 47.7 Å². The highest BCUT2D eigenvalue weighted by molar-refractivity contribution is 5.81. The van der Waals surface area contributed by atoms with Crippen LogP contribution in [0.1, 0.15) is 30.1 Å². The number of halogens is 1. The van der Waals surface area contributed by atoms with Crippen molar-refractivity contribution >= 4 is 17.6 Å². The van der Waals surface area contributed by atoms with Crippen molar-refractivity contribution in [3.8, 4) is 17.1 Å². The molecule has 0 radical (unpaired) electrons. The Morgan fingerprint density at radius 3 is 2.84 bits per heavy atom. The maximum absolute atomic E-state index is 13.7. The van der Waals surface area contributed by atoms with Crippen LogP contribution < -0.4 is 15.8 Å². The first-order valence-corrected chi connectivity index (χ1v) is 9.55. The summed E-state index contributed by atoms with van der Waals surface area (Å²) in [6.45, 7) is 0.131. The number of amides is 1. The van der Waals surface area contributed by atoms with Gasteiger partial charge in [0, 0.05) is 6.07 Å². The molecule has 4 N–H and O–H groups in total. The maximum Gasteiger partial charge on any atom is 0.410 e. The first kappa shape index (κ1) is 20.5. The number of hydrogen-bond donors (Lipinski definition) is 3. The number of nitrogen functional groups attached to an aromatic ring is 1. The molecular weight excluding hydrogens is 407 g/mol. The minimum absolute atomic E-state index is 0.0259. The molecule has 1 aliphatic rings. The number of aromatic nitrogens is 4. The Hall–Kier alpha value is -3.73. The normalized spacial score (nSPS) is 13.2. The van der Waals surface area contributed by atoms with Crippen LogP contribution in [0.5, 0.6) is 5.75 Å². The van der Waals surface area contributed by atoms with Crippen LogP contribution in [0.2, 0.25) is 0 Å². The lowest BCUT2D eigenvalue weighted by Crippen LogP contribution is -2.10. The molecule has 0 spiro atoms. The van der Waals surface area contributed by atoms with Crippen LogP contribution in [0.4, 0.5) is 20.7 Å². The third-order valence-corrected chi connectivity index (χ3v) is 4.65. The van der Waals surface area contributed by atoms with Crippen LogP contribution in [0.15, 0.2) is 30.6 Å². The number of anilines is 2. The second-order valence-corrected chi connectivity index (χ2v) is 7.13. The van der Waals surface area contributed by atoms with E-state index in [4.69, 9.17) is 20.3 Å². The summed E-state index contributed by atoms with van der Waals surface area (Å²) in [5, 5.41) is 15.3. The fourth-order valence-corrected chi connectivity index (χ4v) is 3.18. The van der Waals surface area contributed by atoms with E-state index in [9.17, 15) is 9.18 Å². The molecule has 31 heavy (non-hydrogen) atoms. The van der Waals surface area contributed by atoms with E-state index in [0.29, 0.717) is 28.9 Å². The van der Waals surface area contributed by atoms with E-state index in [0.717, 1.165) is 24.5 Å². The zero-order valence-corrected chi connectivity index (χ0v) is 16.7. The third-order valence-electron chi connectivity index (χ3n) is 4.65. The molecule has 1 saturated carbocycles. The Morgan fingerprint density at radius 1 is 1.32 bits per heavy atom. The molecule has 1 fully saturated rings. The van der Waals surface area contributed by atoms with Crippen molar-refractivity contribution in [1.82, 2.24) is 19.7 Å². The van der Waals surface area contributed by atoms with Gasteiger partial charge in [-0.05, 0) is 36.6 Å². The summed E-state index contributed by atoms with van der Waals surface area (Å²) in [6, 6.07) is 6.11. The molecule has 4 rings (SSSR count). The summed E-state index contributed by atoms with van der Waals surface area (Å²) in [5.74, 6) is 0.256. The number of benzene rings is 1. The van der Waals surface area contributed by atoms with Crippen molar-refractivity contribution < 1.29 is 23.8 Å². The molecule has 1 aliphatic carbocycles. The van der Waals surface area contributed by atoms with E-state index >= 15 is 0 Å². The number of rotatable bonds is 8. The van der Waals surface area contributed by atoms with Crippen molar-refractivity contribution in [2.75, 3.05) is 18.2 Å². The topological polar surface area (TPSA) is 137 Å². The maximum atomic E-state index is 13.7. The number of ether oxygens (including phenoxy) is 2. The van der Waals surface area contributed by atoms with Crippen molar-refractivity contribution in [1.29, 1.82) is 0 Å². The van der Waals surface area contributed by atoms with Crippen LogP contribution >= 0.6 is 0 Å². The summed E-state index contributed by atoms with van der Waals surface area (Å²) in [4.78, 5) is 19.1. The molecule has 10 nitrogen and oxygen atoms in total. The number of carbonyl (C=O) groups is 1. The molecule has 2 aromatic heterocycles. The Balaban J connectivity index is 1.49. The third kappa shape index (κ3) is 4.89. The van der Waals surface area contributed by atoms with E-state index in [1.165, 1.54) is 13.2 Å². The minimum atomic E-state index is -1.33. The minimum Gasteiger partial charge on any atom is -0.494 e. The Morgan fingerprint density at radius 2 is 2.13 bits per heavy atom. The predicted molar refractivity (Wildman–Crippen MR) is 109 cm³/mol. The van der Waals surface area contributed by atoms with Gasteiger partial charge in [0.1, 0.15) is 18.0 Å². The summed E-state index contributed by atoms with van der Waals surface area (Å²) in [5.41, 5.74) is 8.21. The summed E-state index contributed by atoms with van der Waals surface area (Å²) >= 11 is 0. The predicted octanol–water partition coefficient (Wildman–Crippen LogP) is 3.21. The Labute approximate surface area is 176 Å². The van der Waals surface area contributed by atoms with Gasteiger partial charge in [-0.25, -0.2) is 23.8 Å². The summed E-state index contributed by atoms with van der Waals surface area (Å²) < 4.78 is 26.6. The van der Waals surface area contributed by atoms with Gasteiger partial charge in [0.2, 0.25) is 0 Å². The standard InChI is InChI=1S/C20H21FN6O4/c1-30-18-15(19-23-10-27(26-19)14-2-3-14)4-11(5-16(18)22)8-31-9-13-6-12(21)7-17(24-13)25-20(28)29/h4-7,10,14H,2-3,8-9,22H2,1H3,(H,24,25)(H,28,29). The van der Waals surface area contributed by atoms with Crippen LogP contribution in [0.3, 0.4) is 0 Å². The van der Waals surface area contributed by atoms with Gasteiger partial charge < -0.3 is 20.3 Å². The highest BCUT2D eigenvalue weighted by Crippen LogP contribution is 2.37. The van der Waals surface area contributed by atoms with Crippen molar-refractivity contribution in [2.45, 2.75) is 32.1 Å². The average Bonchev–Trinajstić information content (AvgIpc) is 3.43. The average molecular weight is 428 g/mol. The van der Waals surface area contributed by atoms with E-state index in [1.807, 2.05) is 16.1 Å². The number of nitrogens with one attached hydrogen (secondary N) is 1. The first-order valence-electron chi connectivity index (χ1n) is 9.55. The van der Waals surface area contributed by atoms with Gasteiger partial charge in [-0.2, -0.15) is 5.10 Å². The largest absolute Gasteiger partial charge is 0.494 e. The molecule has 0 aliphatic heterocycles. The van der Waals surface area contributed by atoms with E-state index in [2.05, 4.69) is 15.1 Å². The van der Waals surface area contributed by atoms with Gasteiger partial charge in [0.25, 0.3) is 0 Å². The zero-order chi connectivity index (χ0) is 22.0. The van der Waals surface area contributed by atoms with E-state index in [-0.39, 0.29) is 24.7 Å². The Bertz CT molecular complexity index is 1120. The lowest BCUT2D eigenvalue weighted by Gasteiger charge is -2.12. The van der Waals surface area contributed by atoms with Gasteiger partial charge in [-0.1, -0.05) is 0 Å². The number of methoxy groups -OCH3 is 1. The SMILES string of the molecule is COc1c(N)cc(COCc2cc(F)cc(NC(=O)O)n2)cc1-c1ncn(C2CC2)n1. The lowest BCUT2D eigenvalue weighted by molar-refractivity contribution is 0.104. The molecule has 0 saturated heterocycles. The molecule has 1 amide bonds. The molecule has 0 atom stereocenters. The number of carboxylic acid groups (broad SMARTS) is 1. The molecule has 162 valence electrons. The number of nitrogens with zero attached hydrogens (tertiary/aromatic N) is 4. The highest BCUT2D eigenvalue weighted by atomic mass is 19.1. The molecule has 0 bridgehead atoms. The molecule has 0 unspecified atom stereocenters. The van der Waals surface area contributed by atoms with Crippen molar-refractivity contribution in [3.63, 3.8) is 0 Å². The zero-order valence-electron chi connectivity index (χ0n) is 16.7. The number of hydrogen-bond acceptors (Lipinski definition) is 7. The quantitative estimate of drug-likeness (QED) is 0.465. The number of nitrogens with two attached hydrogens (primary N) is 1. The summed E-state index contributed by atoms with van der Waals surface area (Å²) in [7, 11) is 1.53. The van der Waals surface area contributed by atoms with E-state index < -0.39 is 11.9 Å². The van der Waals surface area contributed by atoms with E-state index in [1.54, 1.807) is 12.4 Å². The van der Waals surface area contributed by atoms with Gasteiger partial charge in [-0.3, -0.25) is 5.32 Å². The lowest BCUT2D eigenvalue weighted by atomic mass is 10.1. The molecule has 2 heterocycles. The fraction of sp³-hybridized carbons (Fsp3) is 0.300. The van der Waals surface area contributed by atoms with Crippen LogP contribution in [-0.2, 0) is 18.0 Å². The molecular formula is C20H21FN6O4. The monoisotopic (exact) mass is 428 g/mol. The Kier molecular flexibility index (Phi) is 5.67. The molecule has 3 aromatic rings. The molecule has 1 aromatic carbocycles. The summed E-state index contributed by atoms with van der Waals surface area (Å²) in [6.07, 6.45) is 2.55. The highest BCUT2D eigenvalue weighted by Gasteiger charge is 2.25. The van der Waals surface area contributed by atoms with Crippen LogP contribution in [0.25, 0.3) is 11.4 Å². The van der Waals surface area contributed by atoms with Gasteiger partial charge >= 0.3 is 6.09 Å². The second kappa shape index (κ2) is 8.56. The second-order valence-electron chi connectivity index (χ2n) is 7.13. The number of pyridine rings is 1. The van der Waals surface area contributed by atoms with Gasteiger partial charge in [0.05, 0.1) is 43.3 Å². The van der Waals surface area contributed by atoms with Crippen LogP contribution in [0, 0.1) is 5.82 Å². The first-order chi connectivity index (χ1) is 14.9. The fourth-order valence-electron chi connectivity index (χ4n) is 3.18.